The molecular formula is C12H16F2N2. The molecule has 1 fully saturated rings. The van der Waals surface area contributed by atoms with E-state index in [9.17, 15) is 8.78 Å². The van der Waals surface area contributed by atoms with Gasteiger partial charge in [0, 0.05) is 6.20 Å². The first-order chi connectivity index (χ1) is 7.51. The summed E-state index contributed by atoms with van der Waals surface area (Å²) in [5.74, 6) is 0.567. The Balaban J connectivity index is 2.18. The van der Waals surface area contributed by atoms with Crippen molar-refractivity contribution in [3.63, 3.8) is 0 Å². The molecule has 2 nitrogen and oxygen atoms in total. The van der Waals surface area contributed by atoms with Crippen LogP contribution in [0.2, 0.25) is 0 Å². The molecule has 0 amide bonds. The molecule has 88 valence electrons. The highest BCUT2D eigenvalue weighted by Gasteiger charge is 2.34. The second-order valence-corrected chi connectivity index (χ2v) is 4.69. The number of alkyl halides is 2. The lowest BCUT2D eigenvalue weighted by Gasteiger charge is -2.27. The van der Waals surface area contributed by atoms with Crippen LogP contribution in [0.3, 0.4) is 0 Å². The maximum absolute atomic E-state index is 12.7. The van der Waals surface area contributed by atoms with Crippen molar-refractivity contribution in [2.24, 2.45) is 5.73 Å². The van der Waals surface area contributed by atoms with E-state index in [0.29, 0.717) is 5.92 Å². The van der Waals surface area contributed by atoms with E-state index < -0.39 is 12.0 Å². The van der Waals surface area contributed by atoms with Gasteiger partial charge in [0.1, 0.15) is 5.54 Å². The molecule has 1 unspecified atom stereocenters. The number of hydrogen-bond donors (Lipinski definition) is 1. The van der Waals surface area contributed by atoms with Crippen LogP contribution < -0.4 is 5.73 Å². The zero-order chi connectivity index (χ0) is 11.8. The van der Waals surface area contributed by atoms with Gasteiger partial charge in [-0.25, -0.2) is 8.78 Å². The van der Waals surface area contributed by atoms with E-state index in [1.165, 1.54) is 26.2 Å². The van der Waals surface area contributed by atoms with Crippen molar-refractivity contribution in [1.82, 2.24) is 4.98 Å². The van der Waals surface area contributed by atoms with Gasteiger partial charge in [-0.1, -0.05) is 12.5 Å². The minimum Gasteiger partial charge on any atom is -0.316 e. The fourth-order valence-electron chi connectivity index (χ4n) is 1.82. The molecule has 0 spiro atoms. The van der Waals surface area contributed by atoms with E-state index in [4.69, 9.17) is 5.73 Å². The molecule has 1 heterocycles. The zero-order valence-electron chi connectivity index (χ0n) is 9.29. The summed E-state index contributed by atoms with van der Waals surface area (Å²) in [6.07, 6.45) is 2.69. The third kappa shape index (κ3) is 1.94. The van der Waals surface area contributed by atoms with Crippen LogP contribution >= 0.6 is 0 Å². The van der Waals surface area contributed by atoms with Crippen LogP contribution in [-0.4, -0.2) is 11.4 Å². The summed E-state index contributed by atoms with van der Waals surface area (Å²) in [5, 5.41) is 0. The summed E-state index contributed by atoms with van der Waals surface area (Å²) >= 11 is 0. The molecule has 1 aliphatic carbocycles. The number of hydrogen-bond acceptors (Lipinski definition) is 2. The van der Waals surface area contributed by atoms with Crippen LogP contribution in [0, 0.1) is 0 Å². The Hall–Kier alpha value is -1.03. The summed E-state index contributed by atoms with van der Waals surface area (Å²) in [4.78, 5) is 4.07. The first-order valence-corrected chi connectivity index (χ1v) is 5.55. The molecule has 0 aliphatic heterocycles. The maximum Gasteiger partial charge on any atom is 0.261 e. The molecule has 1 aromatic heterocycles. The van der Waals surface area contributed by atoms with Crippen molar-refractivity contribution in [3.8, 4) is 0 Å². The fourth-order valence-corrected chi connectivity index (χ4v) is 1.82. The minimum atomic E-state index is -2.60. The average Bonchev–Trinajstić information content (AvgIpc) is 2.15. The maximum atomic E-state index is 12.7. The topological polar surface area (TPSA) is 38.9 Å². The molecule has 0 bridgehead atoms. The van der Waals surface area contributed by atoms with Crippen molar-refractivity contribution in [2.75, 3.05) is 0 Å². The van der Waals surface area contributed by atoms with E-state index in [2.05, 4.69) is 4.98 Å². The van der Waals surface area contributed by atoms with Crippen LogP contribution in [-0.2, 0) is 5.54 Å². The fraction of sp³-hybridized carbons (Fsp3) is 0.583. The molecule has 1 atom stereocenters. The molecule has 1 saturated carbocycles. The van der Waals surface area contributed by atoms with E-state index in [-0.39, 0.29) is 5.69 Å². The highest BCUT2D eigenvalue weighted by Crippen LogP contribution is 2.36. The number of nitrogens with two attached hydrogens (primary N) is 1. The molecule has 2 rings (SSSR count). The van der Waals surface area contributed by atoms with Gasteiger partial charge in [0.15, 0.2) is 0 Å². The summed E-state index contributed by atoms with van der Waals surface area (Å²) in [6.45, 7) is 1.31. The standard InChI is InChI=1S/C12H16F2N2/c1-12(15,11(13)14)10-6-5-9(7-16-10)8-3-2-4-8/h5-8,11H,2-4,15H2,1H3. The van der Waals surface area contributed by atoms with E-state index >= 15 is 0 Å². The molecule has 1 aromatic rings. The molecular weight excluding hydrogens is 210 g/mol. The van der Waals surface area contributed by atoms with Crippen molar-refractivity contribution in [3.05, 3.63) is 29.6 Å². The van der Waals surface area contributed by atoms with E-state index in [0.717, 1.165) is 5.56 Å². The van der Waals surface area contributed by atoms with E-state index in [1.54, 1.807) is 12.3 Å². The Morgan fingerprint density at radius 2 is 2.12 bits per heavy atom. The molecule has 0 aromatic carbocycles. The average molecular weight is 226 g/mol. The van der Waals surface area contributed by atoms with Gasteiger partial charge in [-0.05, 0) is 37.3 Å². The van der Waals surface area contributed by atoms with Crippen molar-refractivity contribution < 1.29 is 8.78 Å². The van der Waals surface area contributed by atoms with Gasteiger partial charge < -0.3 is 5.73 Å². The summed E-state index contributed by atoms with van der Waals surface area (Å²) in [6, 6.07) is 3.50. The normalized spacial score (nSPS) is 20.6. The molecule has 1 aliphatic rings. The molecule has 16 heavy (non-hydrogen) atoms. The second-order valence-electron chi connectivity index (χ2n) is 4.69. The van der Waals surface area contributed by atoms with Gasteiger partial charge in [0.25, 0.3) is 6.43 Å². The van der Waals surface area contributed by atoms with Crippen LogP contribution in [0.4, 0.5) is 8.78 Å². The lowest BCUT2D eigenvalue weighted by Crippen LogP contribution is -2.41. The van der Waals surface area contributed by atoms with Gasteiger partial charge in [-0.3, -0.25) is 4.98 Å². The number of pyridine rings is 1. The molecule has 2 N–H and O–H groups in total. The summed E-state index contributed by atoms with van der Waals surface area (Å²) < 4.78 is 25.3. The minimum absolute atomic E-state index is 0.255. The van der Waals surface area contributed by atoms with Crippen LogP contribution in [0.25, 0.3) is 0 Å². The zero-order valence-corrected chi connectivity index (χ0v) is 9.29. The van der Waals surface area contributed by atoms with Gasteiger partial charge in [0.05, 0.1) is 5.69 Å². The van der Waals surface area contributed by atoms with Crippen molar-refractivity contribution >= 4 is 0 Å². The van der Waals surface area contributed by atoms with Gasteiger partial charge in [-0.15, -0.1) is 0 Å². The Labute approximate surface area is 93.9 Å². The second kappa shape index (κ2) is 4.09. The quantitative estimate of drug-likeness (QED) is 0.860. The van der Waals surface area contributed by atoms with Gasteiger partial charge >= 0.3 is 0 Å². The van der Waals surface area contributed by atoms with Crippen molar-refractivity contribution in [2.45, 2.75) is 44.1 Å². The first-order valence-electron chi connectivity index (χ1n) is 5.55. The molecule has 0 radical (unpaired) electrons. The predicted molar refractivity (Wildman–Crippen MR) is 58.4 cm³/mol. The van der Waals surface area contributed by atoms with Crippen molar-refractivity contribution in [1.29, 1.82) is 0 Å². The number of halogens is 2. The predicted octanol–water partition coefficient (Wildman–Crippen LogP) is 2.79. The lowest BCUT2D eigenvalue weighted by atomic mass is 9.80. The Morgan fingerprint density at radius 1 is 1.44 bits per heavy atom. The monoisotopic (exact) mass is 226 g/mol. The Kier molecular flexibility index (Phi) is 2.93. The van der Waals surface area contributed by atoms with Gasteiger partial charge in [0.2, 0.25) is 0 Å². The molecule has 4 heteroatoms. The largest absolute Gasteiger partial charge is 0.316 e. The SMILES string of the molecule is CC(N)(c1ccc(C2CCC2)cn1)C(F)F. The molecule has 0 saturated heterocycles. The van der Waals surface area contributed by atoms with Crippen LogP contribution in [0.15, 0.2) is 18.3 Å². The highest BCUT2D eigenvalue weighted by molar-refractivity contribution is 5.23. The number of nitrogens with zero attached hydrogens (tertiary/aromatic N) is 1. The van der Waals surface area contributed by atoms with E-state index in [1.807, 2.05) is 6.07 Å². The lowest BCUT2D eigenvalue weighted by molar-refractivity contribution is 0.0601. The Bertz CT molecular complexity index is 356. The van der Waals surface area contributed by atoms with Crippen LogP contribution in [0.5, 0.6) is 0 Å². The third-order valence-electron chi connectivity index (χ3n) is 3.37. The number of rotatable bonds is 3. The summed E-state index contributed by atoms with van der Waals surface area (Å²) in [5.41, 5.74) is 5.28. The summed E-state index contributed by atoms with van der Waals surface area (Å²) in [7, 11) is 0. The third-order valence-corrected chi connectivity index (χ3v) is 3.37. The first kappa shape index (κ1) is 11.5. The van der Waals surface area contributed by atoms with Gasteiger partial charge in [-0.2, -0.15) is 0 Å². The Morgan fingerprint density at radius 3 is 2.50 bits per heavy atom. The smallest absolute Gasteiger partial charge is 0.261 e. The van der Waals surface area contributed by atoms with Crippen LogP contribution in [0.1, 0.15) is 43.4 Å². The highest BCUT2D eigenvalue weighted by atomic mass is 19.3. The number of aromatic nitrogens is 1.